The molecule has 5 nitrogen and oxygen atoms in total. The van der Waals surface area contributed by atoms with E-state index >= 15 is 0 Å². The van der Waals surface area contributed by atoms with Crippen LogP contribution in [0.5, 0.6) is 0 Å². The van der Waals surface area contributed by atoms with Crippen molar-refractivity contribution >= 4 is 11.9 Å². The Morgan fingerprint density at radius 2 is 1.80 bits per heavy atom. The number of hydrogen-bond acceptors (Lipinski definition) is 4. The highest BCUT2D eigenvalue weighted by Crippen LogP contribution is 2.48. The van der Waals surface area contributed by atoms with E-state index in [4.69, 9.17) is 4.74 Å². The minimum Gasteiger partial charge on any atom is -0.456 e. The molecule has 5 heteroatoms. The van der Waals surface area contributed by atoms with E-state index in [-0.39, 0.29) is 23.9 Å². The first kappa shape index (κ1) is 13.6. The largest absolute Gasteiger partial charge is 0.456 e. The van der Waals surface area contributed by atoms with E-state index in [1.807, 2.05) is 6.92 Å². The Hall–Kier alpha value is -1.36. The molecular weight excluding hydrogens is 258 g/mol. The topological polar surface area (TPSA) is 66.8 Å². The zero-order valence-electron chi connectivity index (χ0n) is 12.1. The SMILES string of the molecule is CC1=C(N2CCC3(CCC(C)(O)CC3)C2=O)COC1=O. The molecule has 0 aromatic carbocycles. The maximum absolute atomic E-state index is 12.8. The molecule has 0 unspecified atom stereocenters. The molecule has 1 saturated heterocycles. The maximum atomic E-state index is 12.8. The average molecular weight is 279 g/mol. The van der Waals surface area contributed by atoms with E-state index in [0.717, 1.165) is 25.0 Å². The Bertz CT molecular complexity index is 496. The molecule has 1 spiro atoms. The Balaban J connectivity index is 1.80. The van der Waals surface area contributed by atoms with Crippen molar-refractivity contribution in [2.45, 2.75) is 51.6 Å². The molecule has 1 amide bonds. The van der Waals surface area contributed by atoms with Crippen molar-refractivity contribution in [3.8, 4) is 0 Å². The molecule has 1 N–H and O–H groups in total. The predicted octanol–water partition coefficient (Wildman–Crippen LogP) is 1.36. The molecular formula is C15H21NO4. The van der Waals surface area contributed by atoms with Gasteiger partial charge >= 0.3 is 5.97 Å². The molecule has 0 radical (unpaired) electrons. The van der Waals surface area contributed by atoms with Gasteiger partial charge in [0.2, 0.25) is 5.91 Å². The lowest BCUT2D eigenvalue weighted by Crippen LogP contribution is -2.42. The summed E-state index contributed by atoms with van der Waals surface area (Å²) >= 11 is 0. The Kier molecular flexibility index (Phi) is 2.94. The van der Waals surface area contributed by atoms with Crippen LogP contribution in [0.15, 0.2) is 11.3 Å². The van der Waals surface area contributed by atoms with Gasteiger partial charge in [0.25, 0.3) is 0 Å². The molecule has 0 aromatic heterocycles. The molecule has 0 aromatic rings. The summed E-state index contributed by atoms with van der Waals surface area (Å²) in [5, 5.41) is 10.1. The molecule has 3 aliphatic rings. The van der Waals surface area contributed by atoms with E-state index in [2.05, 4.69) is 0 Å². The van der Waals surface area contributed by atoms with Crippen LogP contribution in [0.3, 0.4) is 0 Å². The molecule has 1 saturated carbocycles. The number of cyclic esters (lactones) is 1. The monoisotopic (exact) mass is 279 g/mol. The molecule has 20 heavy (non-hydrogen) atoms. The molecule has 0 bridgehead atoms. The molecule has 110 valence electrons. The van der Waals surface area contributed by atoms with E-state index in [1.54, 1.807) is 11.8 Å². The summed E-state index contributed by atoms with van der Waals surface area (Å²) in [6.45, 7) is 4.43. The minimum atomic E-state index is -0.638. The first-order valence-corrected chi connectivity index (χ1v) is 7.26. The normalized spacial score (nSPS) is 38.0. The molecule has 0 atom stereocenters. The second-order valence-electron chi connectivity index (χ2n) is 6.63. The zero-order chi connectivity index (χ0) is 14.5. The van der Waals surface area contributed by atoms with Crippen molar-refractivity contribution in [3.63, 3.8) is 0 Å². The highest BCUT2D eigenvalue weighted by atomic mass is 16.5. The van der Waals surface area contributed by atoms with Gasteiger partial charge in [-0.15, -0.1) is 0 Å². The highest BCUT2D eigenvalue weighted by Gasteiger charge is 2.51. The molecule has 2 heterocycles. The van der Waals surface area contributed by atoms with Crippen LogP contribution < -0.4 is 0 Å². The predicted molar refractivity (Wildman–Crippen MR) is 71.5 cm³/mol. The Morgan fingerprint density at radius 3 is 2.35 bits per heavy atom. The quantitative estimate of drug-likeness (QED) is 0.736. The van der Waals surface area contributed by atoms with E-state index < -0.39 is 5.60 Å². The molecule has 1 aliphatic carbocycles. The summed E-state index contributed by atoms with van der Waals surface area (Å²) in [5.74, 6) is -0.207. The number of ether oxygens (including phenoxy) is 1. The Labute approximate surface area is 118 Å². The number of carbonyl (C=O) groups is 2. The van der Waals surface area contributed by atoms with Gasteiger partial charge in [-0.3, -0.25) is 4.79 Å². The second-order valence-corrected chi connectivity index (χ2v) is 6.63. The fourth-order valence-corrected chi connectivity index (χ4v) is 3.56. The lowest BCUT2D eigenvalue weighted by molar-refractivity contribution is -0.140. The summed E-state index contributed by atoms with van der Waals surface area (Å²) in [6.07, 6.45) is 3.61. The van der Waals surface area contributed by atoms with Gasteiger partial charge in [0.1, 0.15) is 6.61 Å². The number of amides is 1. The van der Waals surface area contributed by atoms with Gasteiger partial charge in [-0.05, 0) is 46.0 Å². The number of esters is 1. The number of nitrogens with zero attached hydrogens (tertiary/aromatic N) is 1. The van der Waals surface area contributed by atoms with Crippen LogP contribution in [0.4, 0.5) is 0 Å². The van der Waals surface area contributed by atoms with E-state index in [0.29, 0.717) is 25.0 Å². The van der Waals surface area contributed by atoms with Gasteiger partial charge in [-0.25, -0.2) is 4.79 Å². The van der Waals surface area contributed by atoms with Crippen molar-refractivity contribution in [1.29, 1.82) is 0 Å². The molecule has 2 fully saturated rings. The molecule has 2 aliphatic heterocycles. The molecule has 3 rings (SSSR count). The van der Waals surface area contributed by atoms with Gasteiger partial charge < -0.3 is 14.7 Å². The van der Waals surface area contributed by atoms with Crippen molar-refractivity contribution < 1.29 is 19.4 Å². The zero-order valence-corrected chi connectivity index (χ0v) is 12.1. The average Bonchev–Trinajstić information content (AvgIpc) is 2.88. The van der Waals surface area contributed by atoms with Crippen LogP contribution in [0.25, 0.3) is 0 Å². The van der Waals surface area contributed by atoms with Gasteiger partial charge in [-0.2, -0.15) is 0 Å². The first-order chi connectivity index (χ1) is 9.35. The summed E-state index contributed by atoms with van der Waals surface area (Å²) in [7, 11) is 0. The first-order valence-electron chi connectivity index (χ1n) is 7.26. The lowest BCUT2D eigenvalue weighted by Gasteiger charge is -2.39. The van der Waals surface area contributed by atoms with Crippen LogP contribution in [-0.4, -0.2) is 40.6 Å². The minimum absolute atomic E-state index is 0.112. The number of hydrogen-bond donors (Lipinski definition) is 1. The van der Waals surface area contributed by atoms with Gasteiger partial charge in [0.15, 0.2) is 0 Å². The second kappa shape index (κ2) is 4.32. The summed E-state index contributed by atoms with van der Waals surface area (Å²) in [6, 6.07) is 0. The van der Waals surface area contributed by atoms with Crippen LogP contribution >= 0.6 is 0 Å². The third-order valence-corrected chi connectivity index (χ3v) is 5.20. The maximum Gasteiger partial charge on any atom is 0.336 e. The van der Waals surface area contributed by atoms with Gasteiger partial charge in [0.05, 0.1) is 22.3 Å². The van der Waals surface area contributed by atoms with Crippen molar-refractivity contribution in [1.82, 2.24) is 4.90 Å². The summed E-state index contributed by atoms with van der Waals surface area (Å²) < 4.78 is 5.00. The number of rotatable bonds is 1. The van der Waals surface area contributed by atoms with Crippen molar-refractivity contribution in [2.75, 3.05) is 13.2 Å². The fraction of sp³-hybridized carbons (Fsp3) is 0.733. The number of carbonyl (C=O) groups excluding carboxylic acids is 2. The number of aliphatic hydroxyl groups is 1. The number of likely N-dealkylation sites (tertiary alicyclic amines) is 1. The fourth-order valence-electron chi connectivity index (χ4n) is 3.56. The van der Waals surface area contributed by atoms with Crippen molar-refractivity contribution in [3.05, 3.63) is 11.3 Å². The van der Waals surface area contributed by atoms with Crippen LogP contribution in [-0.2, 0) is 14.3 Å². The van der Waals surface area contributed by atoms with Crippen LogP contribution in [0.1, 0.15) is 46.0 Å². The standard InChI is InChI=1S/C15H21NO4/c1-10-11(9-20-12(10)17)16-8-7-15(13(16)18)5-3-14(2,19)4-6-15/h19H,3-9H2,1-2H3. The highest BCUT2D eigenvalue weighted by molar-refractivity contribution is 5.94. The van der Waals surface area contributed by atoms with Crippen molar-refractivity contribution in [2.24, 2.45) is 5.41 Å². The van der Waals surface area contributed by atoms with Gasteiger partial charge in [-0.1, -0.05) is 0 Å². The summed E-state index contributed by atoms with van der Waals surface area (Å²) in [5.41, 5.74) is 0.314. The van der Waals surface area contributed by atoms with Crippen LogP contribution in [0, 0.1) is 5.41 Å². The smallest absolute Gasteiger partial charge is 0.336 e. The summed E-state index contributed by atoms with van der Waals surface area (Å²) in [4.78, 5) is 26.0. The van der Waals surface area contributed by atoms with Crippen LogP contribution in [0.2, 0.25) is 0 Å². The lowest BCUT2D eigenvalue weighted by atomic mass is 9.68. The third kappa shape index (κ3) is 1.95. The van der Waals surface area contributed by atoms with E-state index in [9.17, 15) is 14.7 Å². The van der Waals surface area contributed by atoms with Gasteiger partial charge in [0, 0.05) is 6.54 Å². The van der Waals surface area contributed by atoms with E-state index in [1.165, 1.54) is 0 Å². The Morgan fingerprint density at radius 1 is 1.15 bits per heavy atom. The third-order valence-electron chi connectivity index (χ3n) is 5.20.